The van der Waals surface area contributed by atoms with Crippen LogP contribution in [0.5, 0.6) is 0 Å². The van der Waals surface area contributed by atoms with Crippen LogP contribution in [0.15, 0.2) is 211 Å². The molecular formula is C57H40N2O. The summed E-state index contributed by atoms with van der Waals surface area (Å²) in [5.74, 6) is 0. The number of benzene rings is 9. The standard InChI is InChI=1S/C57H40N2O/c1-57(2)51-34-40(37-13-5-3-6-14-37)23-29-45(51)46-30-27-44(36-52(46)57)58(42-25-21-38(22-26-42)39-24-32-56-50(33-39)48-18-10-12-20-55(48)60-56)43-28-31-54-49(35-43)47-17-9-11-19-53(47)59(54)41-15-7-4-8-16-41/h3-36H,1-2H3. The molecule has 3 heteroatoms. The van der Waals surface area contributed by atoms with Crippen LogP contribution in [0.1, 0.15) is 25.0 Å². The molecule has 9 aromatic carbocycles. The monoisotopic (exact) mass is 768 g/mol. The summed E-state index contributed by atoms with van der Waals surface area (Å²) < 4.78 is 8.54. The second-order valence-electron chi connectivity index (χ2n) is 16.6. The Hall–Kier alpha value is -7.62. The van der Waals surface area contributed by atoms with Gasteiger partial charge in [0.15, 0.2) is 0 Å². The van der Waals surface area contributed by atoms with Crippen molar-refractivity contribution in [3.05, 3.63) is 217 Å². The molecule has 284 valence electrons. The van der Waals surface area contributed by atoms with Crippen LogP contribution in [0.4, 0.5) is 17.1 Å². The first kappa shape index (κ1) is 34.4. The minimum atomic E-state index is -0.191. The zero-order valence-electron chi connectivity index (χ0n) is 33.4. The van der Waals surface area contributed by atoms with Crippen molar-refractivity contribution in [2.24, 2.45) is 0 Å². The van der Waals surface area contributed by atoms with Gasteiger partial charge in [0, 0.05) is 49.7 Å². The van der Waals surface area contributed by atoms with E-state index < -0.39 is 0 Å². The summed E-state index contributed by atoms with van der Waals surface area (Å²) in [5.41, 5.74) is 18.6. The van der Waals surface area contributed by atoms with Crippen molar-refractivity contribution in [2.45, 2.75) is 19.3 Å². The predicted molar refractivity (Wildman–Crippen MR) is 251 cm³/mol. The Balaban J connectivity index is 1.01. The number of nitrogens with zero attached hydrogens (tertiary/aromatic N) is 2. The van der Waals surface area contributed by atoms with Gasteiger partial charge in [-0.25, -0.2) is 0 Å². The normalized spacial score (nSPS) is 13.0. The predicted octanol–water partition coefficient (Wildman–Crippen LogP) is 15.8. The first-order chi connectivity index (χ1) is 29.5. The first-order valence-corrected chi connectivity index (χ1v) is 20.7. The van der Waals surface area contributed by atoms with Gasteiger partial charge in [-0.1, -0.05) is 135 Å². The minimum absolute atomic E-state index is 0.191. The summed E-state index contributed by atoms with van der Waals surface area (Å²) in [6, 6.07) is 75.0. The molecule has 3 nitrogen and oxygen atoms in total. The average Bonchev–Trinajstić information content (AvgIpc) is 3.92. The zero-order valence-corrected chi connectivity index (χ0v) is 33.4. The van der Waals surface area contributed by atoms with Crippen LogP contribution in [-0.4, -0.2) is 4.57 Å². The molecule has 0 spiro atoms. The third-order valence-corrected chi connectivity index (χ3v) is 12.8. The fourth-order valence-corrected chi connectivity index (χ4v) is 9.79. The fraction of sp³-hybridized carbons (Fsp3) is 0.0526. The highest BCUT2D eigenvalue weighted by atomic mass is 16.3. The summed E-state index contributed by atoms with van der Waals surface area (Å²) in [6.45, 7) is 4.75. The van der Waals surface area contributed by atoms with E-state index in [1.165, 1.54) is 55.2 Å². The lowest BCUT2D eigenvalue weighted by molar-refractivity contribution is 0.660. The van der Waals surface area contributed by atoms with Gasteiger partial charge >= 0.3 is 0 Å². The van der Waals surface area contributed by atoms with E-state index in [1.807, 2.05) is 12.1 Å². The number of fused-ring (bicyclic) bond motifs is 9. The first-order valence-electron chi connectivity index (χ1n) is 20.7. The number of anilines is 3. The Morgan fingerprint density at radius 1 is 0.383 bits per heavy atom. The molecule has 2 heterocycles. The Morgan fingerprint density at radius 2 is 0.933 bits per heavy atom. The smallest absolute Gasteiger partial charge is 0.135 e. The Morgan fingerprint density at radius 3 is 1.75 bits per heavy atom. The fourth-order valence-electron chi connectivity index (χ4n) is 9.79. The van der Waals surface area contributed by atoms with Crippen molar-refractivity contribution in [3.63, 3.8) is 0 Å². The molecule has 0 unspecified atom stereocenters. The third-order valence-electron chi connectivity index (χ3n) is 12.8. The molecule has 0 saturated heterocycles. The van der Waals surface area contributed by atoms with Gasteiger partial charge in [-0.15, -0.1) is 0 Å². The van der Waals surface area contributed by atoms with E-state index in [1.54, 1.807) is 0 Å². The highest BCUT2D eigenvalue weighted by Crippen LogP contribution is 2.52. The molecule has 0 amide bonds. The second kappa shape index (κ2) is 13.2. The van der Waals surface area contributed by atoms with Crippen molar-refractivity contribution < 1.29 is 4.42 Å². The van der Waals surface area contributed by atoms with E-state index in [-0.39, 0.29) is 5.41 Å². The summed E-state index contributed by atoms with van der Waals surface area (Å²) >= 11 is 0. The van der Waals surface area contributed by atoms with Gasteiger partial charge in [0.25, 0.3) is 0 Å². The van der Waals surface area contributed by atoms with Crippen LogP contribution in [0.25, 0.3) is 82.8 Å². The summed E-state index contributed by atoms with van der Waals surface area (Å²) in [4.78, 5) is 2.43. The number of hydrogen-bond donors (Lipinski definition) is 0. The van der Waals surface area contributed by atoms with Gasteiger partial charge in [0.05, 0.1) is 11.0 Å². The van der Waals surface area contributed by atoms with Crippen LogP contribution in [0.3, 0.4) is 0 Å². The molecule has 11 aromatic rings. The number of rotatable bonds is 6. The van der Waals surface area contributed by atoms with Gasteiger partial charge in [-0.3, -0.25) is 0 Å². The van der Waals surface area contributed by atoms with E-state index in [2.05, 4.69) is 217 Å². The lowest BCUT2D eigenvalue weighted by Crippen LogP contribution is -2.16. The Kier molecular flexibility index (Phi) is 7.58. The molecule has 1 aliphatic carbocycles. The topological polar surface area (TPSA) is 21.3 Å². The Labute approximate surface area is 349 Å². The molecule has 0 N–H and O–H groups in total. The summed E-state index contributed by atoms with van der Waals surface area (Å²) in [5, 5.41) is 4.72. The van der Waals surface area contributed by atoms with Gasteiger partial charge in [0.2, 0.25) is 0 Å². The summed E-state index contributed by atoms with van der Waals surface area (Å²) in [7, 11) is 0. The Bertz CT molecular complexity index is 3450. The molecule has 2 aromatic heterocycles. The van der Waals surface area contributed by atoms with Crippen LogP contribution < -0.4 is 4.90 Å². The van der Waals surface area contributed by atoms with Crippen molar-refractivity contribution in [3.8, 4) is 39.1 Å². The molecular weight excluding hydrogens is 729 g/mol. The number of para-hydroxylation sites is 3. The van der Waals surface area contributed by atoms with Crippen LogP contribution in [-0.2, 0) is 5.41 Å². The van der Waals surface area contributed by atoms with Crippen LogP contribution >= 0.6 is 0 Å². The highest BCUT2D eigenvalue weighted by molar-refractivity contribution is 6.11. The molecule has 0 atom stereocenters. The minimum Gasteiger partial charge on any atom is -0.456 e. The van der Waals surface area contributed by atoms with Gasteiger partial charge < -0.3 is 13.9 Å². The summed E-state index contributed by atoms with van der Waals surface area (Å²) in [6.07, 6.45) is 0. The second-order valence-corrected chi connectivity index (χ2v) is 16.6. The number of hydrogen-bond acceptors (Lipinski definition) is 2. The van der Waals surface area contributed by atoms with Crippen LogP contribution in [0, 0.1) is 0 Å². The van der Waals surface area contributed by atoms with Crippen LogP contribution in [0.2, 0.25) is 0 Å². The largest absolute Gasteiger partial charge is 0.456 e. The zero-order chi connectivity index (χ0) is 40.0. The van der Waals surface area contributed by atoms with E-state index in [0.717, 1.165) is 55.8 Å². The molecule has 0 fully saturated rings. The SMILES string of the molecule is CC1(C)c2cc(-c3ccccc3)ccc2-c2ccc(N(c3ccc(-c4ccc5oc6ccccc6c5c4)cc3)c3ccc4c(c3)c3ccccc3n4-c3ccccc3)cc21. The van der Waals surface area contributed by atoms with Crippen molar-refractivity contribution in [2.75, 3.05) is 4.90 Å². The number of aromatic nitrogens is 1. The maximum absolute atomic E-state index is 6.16. The van der Waals surface area contributed by atoms with Gasteiger partial charge in [-0.2, -0.15) is 0 Å². The quantitative estimate of drug-likeness (QED) is 0.168. The maximum atomic E-state index is 6.16. The lowest BCUT2D eigenvalue weighted by Gasteiger charge is -2.28. The molecule has 0 aliphatic heterocycles. The highest BCUT2D eigenvalue weighted by Gasteiger charge is 2.36. The van der Waals surface area contributed by atoms with Crippen molar-refractivity contribution in [1.29, 1.82) is 0 Å². The molecule has 60 heavy (non-hydrogen) atoms. The lowest BCUT2D eigenvalue weighted by atomic mass is 9.81. The van der Waals surface area contributed by atoms with E-state index in [0.29, 0.717) is 0 Å². The molecule has 1 aliphatic rings. The van der Waals surface area contributed by atoms with Gasteiger partial charge in [-0.05, 0) is 129 Å². The van der Waals surface area contributed by atoms with E-state index in [4.69, 9.17) is 4.42 Å². The number of furan rings is 1. The van der Waals surface area contributed by atoms with E-state index >= 15 is 0 Å². The van der Waals surface area contributed by atoms with Gasteiger partial charge in [0.1, 0.15) is 11.2 Å². The molecule has 12 rings (SSSR count). The molecule has 0 bridgehead atoms. The van der Waals surface area contributed by atoms with Crippen molar-refractivity contribution in [1.82, 2.24) is 4.57 Å². The maximum Gasteiger partial charge on any atom is 0.135 e. The average molecular weight is 769 g/mol. The third kappa shape index (κ3) is 5.29. The van der Waals surface area contributed by atoms with E-state index in [9.17, 15) is 0 Å². The van der Waals surface area contributed by atoms with Crippen molar-refractivity contribution >= 4 is 60.8 Å². The molecule has 0 radical (unpaired) electrons. The molecule has 0 saturated carbocycles.